The van der Waals surface area contributed by atoms with Gasteiger partial charge in [-0.25, -0.2) is 0 Å². The van der Waals surface area contributed by atoms with Crippen LogP contribution in [0.1, 0.15) is 41.4 Å². The minimum atomic E-state index is 0.0772. The smallest absolute Gasteiger partial charge is 0.165 e. The molecular weight excluding hydrogens is 216 g/mol. The molecule has 1 heterocycles. The third-order valence-corrected chi connectivity index (χ3v) is 3.92. The van der Waals surface area contributed by atoms with Crippen LogP contribution in [0.25, 0.3) is 0 Å². The monoisotopic (exact) mass is 232 g/mol. The van der Waals surface area contributed by atoms with Crippen LogP contribution in [0.2, 0.25) is 0 Å². The van der Waals surface area contributed by atoms with Gasteiger partial charge in [-0.05, 0) is 17.4 Å². The van der Waals surface area contributed by atoms with E-state index >= 15 is 0 Å². The Morgan fingerprint density at radius 2 is 2.00 bits per heavy atom. The summed E-state index contributed by atoms with van der Waals surface area (Å²) < 4.78 is 0. The van der Waals surface area contributed by atoms with Crippen molar-refractivity contribution in [2.45, 2.75) is 25.5 Å². The van der Waals surface area contributed by atoms with Gasteiger partial charge < -0.3 is 0 Å². The normalized spacial score (nSPS) is 19.3. The number of hydrogen-bond acceptors (Lipinski definition) is 2. The van der Waals surface area contributed by atoms with Gasteiger partial charge >= 0.3 is 0 Å². The molecule has 2 rings (SSSR count). The lowest BCUT2D eigenvalue weighted by Crippen LogP contribution is -2.07. The minimum Gasteiger partial charge on any atom is -0.294 e. The molecule has 0 amide bonds. The molecule has 0 aliphatic carbocycles. The van der Waals surface area contributed by atoms with E-state index in [0.29, 0.717) is 5.25 Å². The van der Waals surface area contributed by atoms with Crippen LogP contribution in [0.3, 0.4) is 0 Å². The minimum absolute atomic E-state index is 0.0772. The predicted molar refractivity (Wildman–Crippen MR) is 69.7 cm³/mol. The Morgan fingerprint density at radius 1 is 1.31 bits per heavy atom. The topological polar surface area (TPSA) is 17.1 Å². The Hall–Kier alpha value is -1.02. The molecule has 0 N–H and O–H groups in total. The van der Waals surface area contributed by atoms with Crippen molar-refractivity contribution < 1.29 is 4.79 Å². The van der Waals surface area contributed by atoms with E-state index in [1.165, 1.54) is 5.56 Å². The first kappa shape index (κ1) is 11.5. The van der Waals surface area contributed by atoms with Crippen LogP contribution >= 0.6 is 11.8 Å². The second-order valence-corrected chi connectivity index (χ2v) is 5.49. The Labute approximate surface area is 101 Å². The van der Waals surface area contributed by atoms with Gasteiger partial charge in [-0.15, -0.1) is 11.8 Å². The molecule has 0 fully saturated rings. The summed E-state index contributed by atoms with van der Waals surface area (Å²) >= 11 is 1.85. The van der Waals surface area contributed by atoms with E-state index in [9.17, 15) is 4.79 Å². The van der Waals surface area contributed by atoms with Crippen LogP contribution in [0, 0.1) is 5.92 Å². The number of carbonyl (C=O) groups excluding carboxylic acids is 1. The molecule has 16 heavy (non-hydrogen) atoms. The fourth-order valence-electron chi connectivity index (χ4n) is 1.80. The van der Waals surface area contributed by atoms with Crippen molar-refractivity contribution in [3.8, 4) is 0 Å². The molecule has 0 radical (unpaired) electrons. The highest BCUT2D eigenvalue weighted by Crippen LogP contribution is 2.38. The molecule has 1 unspecified atom stereocenters. The maximum absolute atomic E-state index is 11.8. The van der Waals surface area contributed by atoms with Gasteiger partial charge in [-0.2, -0.15) is 0 Å². The second kappa shape index (κ2) is 4.88. The van der Waals surface area contributed by atoms with Gasteiger partial charge in [0.1, 0.15) is 0 Å². The second-order valence-electron chi connectivity index (χ2n) is 4.37. The summed E-state index contributed by atoms with van der Waals surface area (Å²) in [5, 5.41) is 2.70. The molecule has 1 nitrogen and oxygen atoms in total. The molecule has 1 atom stereocenters. The lowest BCUT2D eigenvalue weighted by Gasteiger charge is -2.10. The van der Waals surface area contributed by atoms with Gasteiger partial charge in [-0.3, -0.25) is 4.79 Å². The van der Waals surface area contributed by atoms with Crippen LogP contribution in [-0.4, -0.2) is 5.78 Å². The summed E-state index contributed by atoms with van der Waals surface area (Å²) in [7, 11) is 0. The fourth-order valence-corrected chi connectivity index (χ4v) is 2.74. The summed E-state index contributed by atoms with van der Waals surface area (Å²) in [5.74, 6) is 0.303. The standard InChI is InChI=1S/C14H16OS/c1-10(2)14(15)12-7-5-11(6-8-12)13-4-3-9-16-13/h3,5-10,13H,4H2,1-2H3. The van der Waals surface area contributed by atoms with Gasteiger partial charge in [0.15, 0.2) is 5.78 Å². The predicted octanol–water partition coefficient (Wildman–Crippen LogP) is 4.22. The average molecular weight is 232 g/mol. The molecule has 0 saturated carbocycles. The van der Waals surface area contributed by atoms with Gasteiger partial charge in [0, 0.05) is 16.7 Å². The highest BCUT2D eigenvalue weighted by Gasteiger charge is 2.15. The Bertz CT molecular complexity index is 395. The van der Waals surface area contributed by atoms with Gasteiger partial charge in [0.05, 0.1) is 0 Å². The van der Waals surface area contributed by atoms with Crippen molar-refractivity contribution in [1.29, 1.82) is 0 Å². The van der Waals surface area contributed by atoms with Gasteiger partial charge in [0.25, 0.3) is 0 Å². The number of Topliss-reactive ketones (excluding diaryl/α,β-unsaturated/α-hetero) is 1. The number of benzene rings is 1. The fraction of sp³-hybridized carbons (Fsp3) is 0.357. The maximum Gasteiger partial charge on any atom is 0.165 e. The van der Waals surface area contributed by atoms with Crippen LogP contribution in [0.5, 0.6) is 0 Å². The summed E-state index contributed by atoms with van der Waals surface area (Å²) in [5.41, 5.74) is 2.14. The molecule has 0 aromatic heterocycles. The number of ketones is 1. The van der Waals surface area contributed by atoms with E-state index in [0.717, 1.165) is 12.0 Å². The summed E-state index contributed by atoms with van der Waals surface area (Å²) in [4.78, 5) is 11.8. The lowest BCUT2D eigenvalue weighted by atomic mass is 9.99. The van der Waals surface area contributed by atoms with Crippen molar-refractivity contribution in [2.75, 3.05) is 0 Å². The molecule has 0 bridgehead atoms. The van der Waals surface area contributed by atoms with E-state index in [1.807, 2.05) is 37.7 Å². The van der Waals surface area contributed by atoms with E-state index in [2.05, 4.69) is 23.6 Å². The average Bonchev–Trinajstić information content (AvgIpc) is 2.81. The first-order valence-corrected chi connectivity index (χ1v) is 6.57. The van der Waals surface area contributed by atoms with Crippen molar-refractivity contribution >= 4 is 17.5 Å². The van der Waals surface area contributed by atoms with Crippen LogP contribution in [0.15, 0.2) is 35.7 Å². The van der Waals surface area contributed by atoms with Crippen LogP contribution in [-0.2, 0) is 0 Å². The van der Waals surface area contributed by atoms with Crippen LogP contribution in [0.4, 0.5) is 0 Å². The molecule has 1 aliphatic heterocycles. The Kier molecular flexibility index (Phi) is 3.49. The number of allylic oxidation sites excluding steroid dienone is 1. The highest BCUT2D eigenvalue weighted by atomic mass is 32.2. The molecule has 1 aromatic rings. The summed E-state index contributed by atoms with van der Waals surface area (Å²) in [6, 6.07) is 8.08. The molecule has 1 aliphatic rings. The summed E-state index contributed by atoms with van der Waals surface area (Å²) in [6.45, 7) is 3.87. The Morgan fingerprint density at radius 3 is 2.50 bits per heavy atom. The molecular formula is C14H16OS. The van der Waals surface area contributed by atoms with E-state index < -0.39 is 0 Å². The lowest BCUT2D eigenvalue weighted by molar-refractivity contribution is 0.0939. The van der Waals surface area contributed by atoms with E-state index in [1.54, 1.807) is 0 Å². The number of rotatable bonds is 3. The van der Waals surface area contributed by atoms with Crippen molar-refractivity contribution in [2.24, 2.45) is 5.92 Å². The number of thioether (sulfide) groups is 1. The Balaban J connectivity index is 2.13. The SMILES string of the molecule is CC(C)C(=O)c1ccc(C2CC=CS2)cc1. The molecule has 0 spiro atoms. The van der Waals surface area contributed by atoms with Crippen molar-refractivity contribution in [3.63, 3.8) is 0 Å². The van der Waals surface area contributed by atoms with Gasteiger partial charge in [0.2, 0.25) is 0 Å². The largest absolute Gasteiger partial charge is 0.294 e. The highest BCUT2D eigenvalue weighted by molar-refractivity contribution is 8.02. The molecule has 1 aromatic carbocycles. The number of hydrogen-bond donors (Lipinski definition) is 0. The number of carbonyl (C=O) groups is 1. The van der Waals surface area contributed by atoms with Crippen molar-refractivity contribution in [3.05, 3.63) is 46.9 Å². The molecule has 0 saturated heterocycles. The van der Waals surface area contributed by atoms with E-state index in [-0.39, 0.29) is 11.7 Å². The third kappa shape index (κ3) is 2.38. The first-order chi connectivity index (χ1) is 7.68. The summed E-state index contributed by atoms with van der Waals surface area (Å²) in [6.07, 6.45) is 3.30. The quantitative estimate of drug-likeness (QED) is 0.726. The molecule has 2 heteroatoms. The first-order valence-electron chi connectivity index (χ1n) is 5.63. The van der Waals surface area contributed by atoms with Crippen molar-refractivity contribution in [1.82, 2.24) is 0 Å². The zero-order valence-corrected chi connectivity index (χ0v) is 10.5. The molecule has 84 valence electrons. The maximum atomic E-state index is 11.8. The van der Waals surface area contributed by atoms with E-state index in [4.69, 9.17) is 0 Å². The zero-order valence-electron chi connectivity index (χ0n) is 9.64. The third-order valence-electron chi connectivity index (χ3n) is 2.78. The van der Waals surface area contributed by atoms with Gasteiger partial charge in [-0.1, -0.05) is 44.2 Å². The zero-order chi connectivity index (χ0) is 11.5. The van der Waals surface area contributed by atoms with Crippen LogP contribution < -0.4 is 0 Å².